The quantitative estimate of drug-likeness (QED) is 0.780. The van der Waals surface area contributed by atoms with E-state index < -0.39 is 18.1 Å². The summed E-state index contributed by atoms with van der Waals surface area (Å²) in [5.41, 5.74) is 2.27. The molecule has 6 nitrogen and oxygen atoms in total. The van der Waals surface area contributed by atoms with Crippen LogP contribution in [0, 0.1) is 5.92 Å². The number of fused-ring (bicyclic) bond motifs is 4. The number of benzene rings is 1. The topological polar surface area (TPSA) is 65.1 Å². The highest BCUT2D eigenvalue weighted by Gasteiger charge is 2.47. The number of hydrogen-bond donors (Lipinski definition) is 0. The largest absolute Gasteiger partial charge is 0.497 e. The van der Waals surface area contributed by atoms with Gasteiger partial charge in [-0.3, -0.25) is 4.90 Å². The Hall–Kier alpha value is -2.24. The molecule has 1 heterocycles. The Kier molecular flexibility index (Phi) is 4.15. The average molecular weight is 319 g/mol. The molecule has 2 bridgehead atoms. The molecule has 1 aromatic rings. The Balaban J connectivity index is 2.03. The van der Waals surface area contributed by atoms with Crippen LogP contribution in [0.25, 0.3) is 0 Å². The van der Waals surface area contributed by atoms with E-state index in [1.54, 1.807) is 7.11 Å². The van der Waals surface area contributed by atoms with Crippen LogP contribution < -0.4 is 4.74 Å². The van der Waals surface area contributed by atoms with Gasteiger partial charge in [0.25, 0.3) is 0 Å². The number of methoxy groups -OCH3 is 3. The molecule has 1 aliphatic carbocycles. The molecule has 1 amide bonds. The fraction of sp³-hybridized carbons (Fsp3) is 0.529. The van der Waals surface area contributed by atoms with Crippen molar-refractivity contribution in [3.8, 4) is 5.75 Å². The van der Waals surface area contributed by atoms with E-state index in [0.29, 0.717) is 12.5 Å². The molecule has 0 spiro atoms. The first-order valence-corrected chi connectivity index (χ1v) is 7.68. The second kappa shape index (κ2) is 6.10. The molecule has 0 radical (unpaired) electrons. The number of nitrogens with zero attached hydrogens (tertiary/aromatic N) is 1. The standard InChI is InChI=1S/C17H21NO5/c1-21-12-4-5-13-11(8-12)6-10-7-14(13)15(16(19)22-2)18(9-10)17(20)23-3/h4-5,8,10,14-15H,6-7,9H2,1-3H3/t10-,14-,15-/m1/s1. The highest BCUT2D eigenvalue weighted by molar-refractivity contribution is 5.83. The number of likely N-dealkylation sites (tertiary alicyclic amines) is 1. The third kappa shape index (κ3) is 2.62. The summed E-state index contributed by atoms with van der Waals surface area (Å²) < 4.78 is 15.1. The maximum atomic E-state index is 12.3. The van der Waals surface area contributed by atoms with E-state index in [2.05, 4.69) is 0 Å². The molecule has 1 aliphatic heterocycles. The lowest BCUT2D eigenvalue weighted by molar-refractivity contribution is -0.149. The first-order chi connectivity index (χ1) is 11.1. The number of hydrogen-bond acceptors (Lipinski definition) is 5. The number of amides is 1. The molecule has 124 valence electrons. The summed E-state index contributed by atoms with van der Waals surface area (Å²) in [4.78, 5) is 26.0. The highest BCUT2D eigenvalue weighted by atomic mass is 16.5. The lowest BCUT2D eigenvalue weighted by Crippen LogP contribution is -2.56. The predicted molar refractivity (Wildman–Crippen MR) is 82.5 cm³/mol. The van der Waals surface area contributed by atoms with Crippen LogP contribution in [0.1, 0.15) is 23.5 Å². The number of esters is 1. The van der Waals surface area contributed by atoms with E-state index in [-0.39, 0.29) is 5.92 Å². The maximum Gasteiger partial charge on any atom is 0.410 e. The molecular formula is C17H21NO5. The van der Waals surface area contributed by atoms with Gasteiger partial charge in [-0.05, 0) is 42.0 Å². The summed E-state index contributed by atoms with van der Waals surface area (Å²) in [7, 11) is 4.32. The third-order valence-corrected chi connectivity index (χ3v) is 4.87. The molecule has 1 aromatic carbocycles. The van der Waals surface area contributed by atoms with Gasteiger partial charge in [0.05, 0.1) is 21.3 Å². The van der Waals surface area contributed by atoms with Gasteiger partial charge in [0.15, 0.2) is 0 Å². The molecule has 0 N–H and O–H groups in total. The van der Waals surface area contributed by atoms with Crippen molar-refractivity contribution in [2.75, 3.05) is 27.9 Å². The van der Waals surface area contributed by atoms with Crippen molar-refractivity contribution >= 4 is 12.1 Å². The number of carbonyl (C=O) groups excluding carboxylic acids is 2. The van der Waals surface area contributed by atoms with Crippen molar-refractivity contribution in [1.29, 1.82) is 0 Å². The van der Waals surface area contributed by atoms with E-state index in [1.165, 1.54) is 24.7 Å². The van der Waals surface area contributed by atoms with Crippen molar-refractivity contribution in [2.45, 2.75) is 24.8 Å². The molecular weight excluding hydrogens is 298 g/mol. The molecule has 0 aromatic heterocycles. The smallest absolute Gasteiger partial charge is 0.410 e. The molecule has 1 fully saturated rings. The van der Waals surface area contributed by atoms with Crippen LogP contribution in [0.15, 0.2) is 18.2 Å². The Morgan fingerprint density at radius 3 is 2.61 bits per heavy atom. The molecule has 23 heavy (non-hydrogen) atoms. The lowest BCUT2D eigenvalue weighted by Gasteiger charge is -2.46. The van der Waals surface area contributed by atoms with E-state index >= 15 is 0 Å². The molecule has 6 heteroatoms. The van der Waals surface area contributed by atoms with Crippen molar-refractivity contribution in [3.05, 3.63) is 29.3 Å². The van der Waals surface area contributed by atoms with Crippen LogP contribution in [0.4, 0.5) is 4.79 Å². The number of piperidine rings is 1. The van der Waals surface area contributed by atoms with Crippen molar-refractivity contribution in [1.82, 2.24) is 4.90 Å². The van der Waals surface area contributed by atoms with Crippen LogP contribution >= 0.6 is 0 Å². The number of carbonyl (C=O) groups is 2. The average Bonchev–Trinajstić information content (AvgIpc) is 2.59. The van der Waals surface area contributed by atoms with E-state index in [9.17, 15) is 9.59 Å². The van der Waals surface area contributed by atoms with Crippen LogP contribution in [-0.2, 0) is 20.7 Å². The van der Waals surface area contributed by atoms with Crippen LogP contribution in [0.3, 0.4) is 0 Å². The molecule has 0 saturated carbocycles. The van der Waals surface area contributed by atoms with Gasteiger partial charge in [0, 0.05) is 12.5 Å². The minimum absolute atomic E-state index is 0.0741. The van der Waals surface area contributed by atoms with Gasteiger partial charge in [-0.1, -0.05) is 6.07 Å². The normalized spacial score (nSPS) is 25.3. The number of rotatable bonds is 2. The second-order valence-corrected chi connectivity index (χ2v) is 6.07. The van der Waals surface area contributed by atoms with Gasteiger partial charge in [-0.25, -0.2) is 9.59 Å². The summed E-state index contributed by atoms with van der Waals surface area (Å²) in [5.74, 6) is 0.639. The summed E-state index contributed by atoms with van der Waals surface area (Å²) in [6.45, 7) is 0.500. The predicted octanol–water partition coefficient (Wildman–Crippen LogP) is 1.96. The first kappa shape index (κ1) is 15.6. The zero-order chi connectivity index (χ0) is 16.6. The van der Waals surface area contributed by atoms with E-state index in [1.807, 2.05) is 18.2 Å². The third-order valence-electron chi connectivity index (χ3n) is 4.87. The fourth-order valence-electron chi connectivity index (χ4n) is 3.89. The van der Waals surface area contributed by atoms with E-state index in [4.69, 9.17) is 14.2 Å². The first-order valence-electron chi connectivity index (χ1n) is 7.68. The minimum Gasteiger partial charge on any atom is -0.497 e. The minimum atomic E-state index is -0.642. The fourth-order valence-corrected chi connectivity index (χ4v) is 3.89. The maximum absolute atomic E-state index is 12.3. The number of ether oxygens (including phenoxy) is 3. The molecule has 3 atom stereocenters. The highest BCUT2D eigenvalue weighted by Crippen LogP contribution is 2.44. The zero-order valence-electron chi connectivity index (χ0n) is 13.6. The molecule has 1 saturated heterocycles. The van der Waals surface area contributed by atoms with Gasteiger partial charge in [-0.2, -0.15) is 0 Å². The monoisotopic (exact) mass is 319 g/mol. The van der Waals surface area contributed by atoms with Crippen molar-refractivity contribution < 1.29 is 23.8 Å². The van der Waals surface area contributed by atoms with Crippen LogP contribution in [0.5, 0.6) is 5.75 Å². The second-order valence-electron chi connectivity index (χ2n) is 6.07. The van der Waals surface area contributed by atoms with Gasteiger partial charge in [-0.15, -0.1) is 0 Å². The van der Waals surface area contributed by atoms with Gasteiger partial charge >= 0.3 is 12.1 Å². The van der Waals surface area contributed by atoms with Crippen LogP contribution in [0.2, 0.25) is 0 Å². The molecule has 3 rings (SSSR count). The Morgan fingerprint density at radius 1 is 1.17 bits per heavy atom. The Labute approximate surface area is 135 Å². The van der Waals surface area contributed by atoms with E-state index in [0.717, 1.165) is 24.2 Å². The summed E-state index contributed by atoms with van der Waals surface area (Å²) >= 11 is 0. The van der Waals surface area contributed by atoms with Crippen molar-refractivity contribution in [3.63, 3.8) is 0 Å². The summed E-state index contributed by atoms with van der Waals surface area (Å²) in [6.07, 6.45) is 1.25. The van der Waals surface area contributed by atoms with Gasteiger partial charge in [0.1, 0.15) is 11.8 Å². The lowest BCUT2D eigenvalue weighted by atomic mass is 9.70. The summed E-state index contributed by atoms with van der Waals surface area (Å²) in [5, 5.41) is 0. The van der Waals surface area contributed by atoms with Gasteiger partial charge < -0.3 is 14.2 Å². The Morgan fingerprint density at radius 2 is 1.96 bits per heavy atom. The van der Waals surface area contributed by atoms with Crippen LogP contribution in [-0.4, -0.2) is 50.9 Å². The summed E-state index contributed by atoms with van der Waals surface area (Å²) in [6, 6.07) is 5.27. The van der Waals surface area contributed by atoms with Gasteiger partial charge in [0.2, 0.25) is 0 Å². The molecule has 2 aliphatic rings. The Bertz CT molecular complexity index is 629. The zero-order valence-corrected chi connectivity index (χ0v) is 13.6. The molecule has 0 unspecified atom stereocenters. The SMILES string of the molecule is COC(=O)[C@H]1[C@@H]2C[C@@H](Cc3cc(OC)ccc32)CN1C(=O)OC. The van der Waals surface area contributed by atoms with Crippen molar-refractivity contribution in [2.24, 2.45) is 5.92 Å².